The number of para-hydroxylation sites is 1. The lowest BCUT2D eigenvalue weighted by atomic mass is 9.75. The van der Waals surface area contributed by atoms with Crippen LogP contribution in [0.3, 0.4) is 0 Å². The summed E-state index contributed by atoms with van der Waals surface area (Å²) in [4.78, 5) is 38.4. The van der Waals surface area contributed by atoms with Crippen LogP contribution in [0, 0.1) is 17.8 Å². The first-order valence-corrected chi connectivity index (χ1v) is 13.4. The van der Waals surface area contributed by atoms with Crippen molar-refractivity contribution in [2.24, 2.45) is 17.8 Å². The molecule has 0 saturated heterocycles. The maximum absolute atomic E-state index is 13.1. The van der Waals surface area contributed by atoms with Gasteiger partial charge in [0, 0.05) is 5.69 Å². The van der Waals surface area contributed by atoms with Gasteiger partial charge in [0.1, 0.15) is 17.6 Å². The first kappa shape index (κ1) is 27.9. The molecule has 1 fully saturated rings. The summed E-state index contributed by atoms with van der Waals surface area (Å²) in [5.74, 6) is 0.667. The fraction of sp³-hybridized carbons (Fsp3) is 0.344. The number of hydrogen-bond donors (Lipinski definition) is 1. The third kappa shape index (κ3) is 7.69. The Hall–Kier alpha value is -4.13. The van der Waals surface area contributed by atoms with E-state index in [0.717, 1.165) is 19.3 Å². The van der Waals surface area contributed by atoms with E-state index >= 15 is 0 Å². The molecule has 3 aromatic carbocycles. The van der Waals surface area contributed by atoms with Gasteiger partial charge in [0.15, 0.2) is 6.61 Å². The van der Waals surface area contributed by atoms with E-state index in [1.165, 1.54) is 6.07 Å². The highest BCUT2D eigenvalue weighted by Crippen LogP contribution is 2.36. The summed E-state index contributed by atoms with van der Waals surface area (Å²) in [6.45, 7) is 5.95. The molecule has 0 spiro atoms. The molecule has 39 heavy (non-hydrogen) atoms. The van der Waals surface area contributed by atoms with Crippen molar-refractivity contribution in [3.63, 3.8) is 0 Å². The van der Waals surface area contributed by atoms with Crippen molar-refractivity contribution in [2.75, 3.05) is 11.9 Å². The molecule has 7 heteroatoms. The lowest BCUT2D eigenvalue weighted by Crippen LogP contribution is -2.36. The van der Waals surface area contributed by atoms with Crippen LogP contribution in [0.2, 0.25) is 0 Å². The molecule has 1 amide bonds. The standard InChI is InChI=1S/C32H35NO6/c1-21(2)26-18-13-22(3)19-29(26)39-32(36)28-12-8-7-11-27(28)31(35)37-20-30(34)33-23-14-16-25(17-15-23)38-24-9-5-4-6-10-24/h4-12,14-17,21-22,26,29H,13,18-20H2,1-3H3,(H,33,34)/t22-,26+,29-/m1/s1. The molecule has 0 aliphatic heterocycles. The first-order valence-electron chi connectivity index (χ1n) is 13.4. The molecule has 3 atom stereocenters. The maximum atomic E-state index is 13.1. The molecule has 0 unspecified atom stereocenters. The summed E-state index contributed by atoms with van der Waals surface area (Å²) in [6.07, 6.45) is 2.74. The predicted octanol–water partition coefficient (Wildman–Crippen LogP) is 6.89. The van der Waals surface area contributed by atoms with Gasteiger partial charge in [-0.1, -0.05) is 57.5 Å². The first-order chi connectivity index (χ1) is 18.8. The molecule has 1 N–H and O–H groups in total. The van der Waals surface area contributed by atoms with Crippen LogP contribution in [0.15, 0.2) is 78.9 Å². The average molecular weight is 530 g/mol. The van der Waals surface area contributed by atoms with Gasteiger partial charge in [-0.2, -0.15) is 0 Å². The summed E-state index contributed by atoms with van der Waals surface area (Å²) in [5, 5.41) is 2.69. The van der Waals surface area contributed by atoms with Gasteiger partial charge in [-0.05, 0) is 79.1 Å². The summed E-state index contributed by atoms with van der Waals surface area (Å²) >= 11 is 0. The highest BCUT2D eigenvalue weighted by Gasteiger charge is 2.34. The van der Waals surface area contributed by atoms with E-state index in [0.29, 0.717) is 29.0 Å². The molecule has 1 aliphatic carbocycles. The number of ether oxygens (including phenoxy) is 3. The normalized spacial score (nSPS) is 18.7. The Balaban J connectivity index is 1.32. The Labute approximate surface area is 229 Å². The third-order valence-electron chi connectivity index (χ3n) is 7.04. The molecule has 7 nitrogen and oxygen atoms in total. The molecule has 4 rings (SSSR count). The number of nitrogens with one attached hydrogen (secondary N) is 1. The molecule has 1 aliphatic rings. The van der Waals surface area contributed by atoms with Gasteiger partial charge in [-0.15, -0.1) is 0 Å². The van der Waals surface area contributed by atoms with E-state index in [1.807, 2.05) is 30.3 Å². The number of carbonyl (C=O) groups excluding carboxylic acids is 3. The van der Waals surface area contributed by atoms with Crippen molar-refractivity contribution in [2.45, 2.75) is 46.1 Å². The molecular weight excluding hydrogens is 494 g/mol. The number of carbonyl (C=O) groups is 3. The molecule has 0 aromatic heterocycles. The topological polar surface area (TPSA) is 90.9 Å². The maximum Gasteiger partial charge on any atom is 0.339 e. The Morgan fingerprint density at radius 3 is 2.10 bits per heavy atom. The molecule has 0 heterocycles. The summed E-state index contributed by atoms with van der Waals surface area (Å²) in [5.41, 5.74) is 0.738. The van der Waals surface area contributed by atoms with Crippen molar-refractivity contribution >= 4 is 23.5 Å². The fourth-order valence-corrected chi connectivity index (χ4v) is 4.93. The highest BCUT2D eigenvalue weighted by molar-refractivity contribution is 6.04. The van der Waals surface area contributed by atoms with Crippen molar-refractivity contribution < 1.29 is 28.6 Å². The molecule has 0 bridgehead atoms. The van der Waals surface area contributed by atoms with Gasteiger partial charge in [-0.25, -0.2) is 9.59 Å². The molecule has 0 radical (unpaired) electrons. The predicted molar refractivity (Wildman–Crippen MR) is 149 cm³/mol. The number of amides is 1. The monoisotopic (exact) mass is 529 g/mol. The van der Waals surface area contributed by atoms with Gasteiger partial charge in [0.2, 0.25) is 0 Å². The van der Waals surface area contributed by atoms with Gasteiger partial charge >= 0.3 is 11.9 Å². The van der Waals surface area contributed by atoms with Gasteiger partial charge in [-0.3, -0.25) is 4.79 Å². The second kappa shape index (κ2) is 13.1. The van der Waals surface area contributed by atoms with Crippen LogP contribution in [0.4, 0.5) is 5.69 Å². The molecule has 204 valence electrons. The summed E-state index contributed by atoms with van der Waals surface area (Å²) in [7, 11) is 0. The van der Waals surface area contributed by atoms with Gasteiger partial charge in [0.25, 0.3) is 5.91 Å². The minimum atomic E-state index is -0.762. The minimum absolute atomic E-state index is 0.0719. The van der Waals surface area contributed by atoms with Crippen LogP contribution in [0.1, 0.15) is 60.7 Å². The van der Waals surface area contributed by atoms with Crippen LogP contribution >= 0.6 is 0 Å². The zero-order valence-corrected chi connectivity index (χ0v) is 22.6. The number of benzene rings is 3. The van der Waals surface area contributed by atoms with E-state index in [2.05, 4.69) is 26.1 Å². The van der Waals surface area contributed by atoms with Crippen molar-refractivity contribution in [3.8, 4) is 11.5 Å². The SMILES string of the molecule is CC(C)[C@@H]1CC[C@@H](C)C[C@H]1OC(=O)c1ccccc1C(=O)OCC(=O)Nc1ccc(Oc2ccccc2)cc1. The Morgan fingerprint density at radius 2 is 1.44 bits per heavy atom. The van der Waals surface area contributed by atoms with E-state index < -0.39 is 24.5 Å². The zero-order valence-electron chi connectivity index (χ0n) is 22.6. The van der Waals surface area contributed by atoms with E-state index in [4.69, 9.17) is 14.2 Å². The van der Waals surface area contributed by atoms with E-state index in [9.17, 15) is 14.4 Å². The lowest BCUT2D eigenvalue weighted by Gasteiger charge is -2.36. The second-order valence-electron chi connectivity index (χ2n) is 10.4. The van der Waals surface area contributed by atoms with Crippen LogP contribution in [0.25, 0.3) is 0 Å². The van der Waals surface area contributed by atoms with Gasteiger partial charge in [0.05, 0.1) is 11.1 Å². The van der Waals surface area contributed by atoms with E-state index in [1.54, 1.807) is 42.5 Å². The Morgan fingerprint density at radius 1 is 0.821 bits per heavy atom. The van der Waals surface area contributed by atoms with Gasteiger partial charge < -0.3 is 19.5 Å². The summed E-state index contributed by atoms with van der Waals surface area (Å²) < 4.78 is 16.9. The quantitative estimate of drug-likeness (QED) is 0.304. The fourth-order valence-electron chi connectivity index (χ4n) is 4.93. The van der Waals surface area contributed by atoms with Crippen LogP contribution in [0.5, 0.6) is 11.5 Å². The van der Waals surface area contributed by atoms with Crippen LogP contribution in [-0.2, 0) is 14.3 Å². The molecule has 3 aromatic rings. The van der Waals surface area contributed by atoms with Crippen molar-refractivity contribution in [1.82, 2.24) is 0 Å². The molecule has 1 saturated carbocycles. The molecular formula is C32H35NO6. The Kier molecular flexibility index (Phi) is 9.36. The van der Waals surface area contributed by atoms with Crippen LogP contribution < -0.4 is 10.1 Å². The smallest absolute Gasteiger partial charge is 0.339 e. The average Bonchev–Trinajstić information content (AvgIpc) is 2.93. The number of rotatable bonds is 9. The van der Waals surface area contributed by atoms with Crippen molar-refractivity contribution in [1.29, 1.82) is 0 Å². The third-order valence-corrected chi connectivity index (χ3v) is 7.04. The highest BCUT2D eigenvalue weighted by atomic mass is 16.5. The largest absolute Gasteiger partial charge is 0.458 e. The summed E-state index contributed by atoms with van der Waals surface area (Å²) in [6, 6.07) is 22.6. The number of anilines is 1. The Bertz CT molecular complexity index is 1270. The number of hydrogen-bond acceptors (Lipinski definition) is 6. The second-order valence-corrected chi connectivity index (χ2v) is 10.4. The number of esters is 2. The van der Waals surface area contributed by atoms with Crippen LogP contribution in [-0.4, -0.2) is 30.6 Å². The van der Waals surface area contributed by atoms with E-state index in [-0.39, 0.29) is 23.1 Å². The lowest BCUT2D eigenvalue weighted by molar-refractivity contribution is -0.119. The minimum Gasteiger partial charge on any atom is -0.458 e. The zero-order chi connectivity index (χ0) is 27.8. The van der Waals surface area contributed by atoms with Crippen molar-refractivity contribution in [3.05, 3.63) is 90.0 Å².